The molecule has 0 aromatic carbocycles. The van der Waals surface area contributed by atoms with Crippen molar-refractivity contribution >= 4 is 5.91 Å². The Hall–Kier alpha value is -1.29. The van der Waals surface area contributed by atoms with E-state index < -0.39 is 0 Å². The number of hydrogen-bond donors (Lipinski definition) is 2. The Labute approximate surface area is 121 Å². The number of carbonyl (C=O) groups excluding carboxylic acids is 1. The summed E-state index contributed by atoms with van der Waals surface area (Å²) in [6.07, 6.45) is 2.36. The first-order chi connectivity index (χ1) is 9.20. The molecule has 2 N–H and O–H groups in total. The third-order valence-electron chi connectivity index (χ3n) is 3.88. The fraction of sp³-hybridized carbons (Fsp3) is 0.688. The van der Waals surface area contributed by atoms with Gasteiger partial charge in [0.1, 0.15) is 6.04 Å². The highest BCUT2D eigenvalue weighted by Gasteiger charge is 2.28. The number of amides is 1. The number of rotatable bonds is 2. The average molecular weight is 278 g/mol. The molecule has 1 aliphatic rings. The molecule has 2 atom stereocenters. The van der Waals surface area contributed by atoms with Crippen molar-refractivity contribution in [2.24, 2.45) is 0 Å². The van der Waals surface area contributed by atoms with Gasteiger partial charge in [-0.2, -0.15) is 0 Å². The van der Waals surface area contributed by atoms with Crippen LogP contribution in [0.15, 0.2) is 6.07 Å². The molecule has 0 fully saturated rings. The lowest BCUT2D eigenvalue weighted by atomic mass is 9.95. The van der Waals surface area contributed by atoms with Gasteiger partial charge in [-0.1, -0.05) is 0 Å². The maximum atomic E-state index is 12.4. The van der Waals surface area contributed by atoms with Crippen LogP contribution in [-0.4, -0.2) is 21.1 Å². The van der Waals surface area contributed by atoms with Crippen molar-refractivity contribution in [2.75, 3.05) is 0 Å². The van der Waals surface area contributed by atoms with E-state index in [-0.39, 0.29) is 23.6 Å². The zero-order chi connectivity index (χ0) is 15.1. The first kappa shape index (κ1) is 15.1. The summed E-state index contributed by atoms with van der Waals surface area (Å²) in [4.78, 5) is 12.4. The molecule has 20 heavy (non-hydrogen) atoms. The van der Waals surface area contributed by atoms with Gasteiger partial charge in [-0.3, -0.25) is 4.79 Å². The van der Waals surface area contributed by atoms with Crippen LogP contribution in [0.4, 0.5) is 0 Å². The molecule has 0 spiro atoms. The number of hydrogen-bond acceptors (Lipinski definition) is 2. The topological polar surface area (TPSA) is 54.3 Å². The molecule has 4 nitrogen and oxygen atoms in total. The number of nitrogens with one attached hydrogen (secondary N) is 1. The molecule has 0 saturated heterocycles. The van der Waals surface area contributed by atoms with Crippen LogP contribution in [0.1, 0.15) is 69.6 Å². The van der Waals surface area contributed by atoms with Crippen molar-refractivity contribution in [1.29, 1.82) is 0 Å². The summed E-state index contributed by atoms with van der Waals surface area (Å²) in [5.41, 5.74) is 2.95. The molecule has 1 aliphatic carbocycles. The predicted molar refractivity (Wildman–Crippen MR) is 79.7 cm³/mol. The van der Waals surface area contributed by atoms with Crippen molar-refractivity contribution in [3.05, 3.63) is 23.0 Å². The fourth-order valence-corrected chi connectivity index (χ4v) is 3.03. The lowest BCUT2D eigenvalue weighted by molar-refractivity contribution is -0.125. The minimum atomic E-state index is -0.378. The molecule has 2 unspecified atom stereocenters. The minimum absolute atomic E-state index is 0.0269. The lowest BCUT2D eigenvalue weighted by Crippen LogP contribution is -2.44. The van der Waals surface area contributed by atoms with E-state index in [9.17, 15) is 9.90 Å². The molecule has 1 aromatic rings. The Bertz CT molecular complexity index is 511. The molecular formula is C16H26N2O2. The van der Waals surface area contributed by atoms with E-state index in [1.54, 1.807) is 0 Å². The van der Waals surface area contributed by atoms with Crippen molar-refractivity contribution in [3.63, 3.8) is 0 Å². The number of fused-ring (bicyclic) bond motifs is 1. The Balaban J connectivity index is 2.31. The van der Waals surface area contributed by atoms with Crippen LogP contribution in [-0.2, 0) is 11.2 Å². The SMILES string of the molecule is Cc1cc2c(n1C(C)C(=O)NC(C)(C)C)CCCC2O. The van der Waals surface area contributed by atoms with Gasteiger partial charge in [-0.15, -0.1) is 0 Å². The van der Waals surface area contributed by atoms with Crippen LogP contribution < -0.4 is 5.32 Å². The van der Waals surface area contributed by atoms with Gasteiger partial charge in [0.2, 0.25) is 5.91 Å². The molecule has 4 heteroatoms. The van der Waals surface area contributed by atoms with Crippen LogP contribution in [0, 0.1) is 6.92 Å². The maximum absolute atomic E-state index is 12.4. The maximum Gasteiger partial charge on any atom is 0.243 e. The van der Waals surface area contributed by atoms with Crippen LogP contribution in [0.5, 0.6) is 0 Å². The highest BCUT2D eigenvalue weighted by molar-refractivity contribution is 5.80. The Morgan fingerprint density at radius 2 is 2.15 bits per heavy atom. The molecule has 112 valence electrons. The summed E-state index contributed by atoms with van der Waals surface area (Å²) < 4.78 is 2.08. The first-order valence-electron chi connectivity index (χ1n) is 7.41. The first-order valence-corrected chi connectivity index (χ1v) is 7.41. The van der Waals surface area contributed by atoms with Gasteiger partial charge in [-0.25, -0.2) is 0 Å². The van der Waals surface area contributed by atoms with Gasteiger partial charge < -0.3 is 15.0 Å². The second kappa shape index (κ2) is 5.24. The van der Waals surface area contributed by atoms with Crippen LogP contribution in [0.2, 0.25) is 0 Å². The molecule has 2 rings (SSSR count). The second-order valence-electron chi connectivity index (χ2n) is 6.88. The summed E-state index contributed by atoms with van der Waals surface area (Å²) in [5, 5.41) is 13.1. The zero-order valence-corrected chi connectivity index (χ0v) is 13.2. The van der Waals surface area contributed by atoms with Gasteiger partial charge in [0.15, 0.2) is 0 Å². The van der Waals surface area contributed by atoms with Crippen molar-refractivity contribution in [3.8, 4) is 0 Å². The number of aliphatic hydroxyl groups excluding tert-OH is 1. The van der Waals surface area contributed by atoms with E-state index >= 15 is 0 Å². The van der Waals surface area contributed by atoms with E-state index in [1.165, 1.54) is 0 Å². The molecule has 0 radical (unpaired) electrons. The van der Waals surface area contributed by atoms with Gasteiger partial charge in [0.05, 0.1) is 6.10 Å². The summed E-state index contributed by atoms with van der Waals surface area (Å²) in [6.45, 7) is 9.89. The molecular weight excluding hydrogens is 252 g/mol. The molecule has 0 bridgehead atoms. The smallest absolute Gasteiger partial charge is 0.243 e. The number of aliphatic hydroxyl groups is 1. The molecule has 1 aromatic heterocycles. The third-order valence-corrected chi connectivity index (χ3v) is 3.88. The van der Waals surface area contributed by atoms with Crippen molar-refractivity contribution in [1.82, 2.24) is 9.88 Å². The van der Waals surface area contributed by atoms with Crippen LogP contribution >= 0.6 is 0 Å². The number of aryl methyl sites for hydroxylation is 1. The van der Waals surface area contributed by atoms with Gasteiger partial charge in [0, 0.05) is 22.5 Å². The van der Waals surface area contributed by atoms with E-state index in [1.807, 2.05) is 40.7 Å². The van der Waals surface area contributed by atoms with E-state index in [0.29, 0.717) is 0 Å². The largest absolute Gasteiger partial charge is 0.388 e. The van der Waals surface area contributed by atoms with Crippen LogP contribution in [0.3, 0.4) is 0 Å². The van der Waals surface area contributed by atoms with Gasteiger partial charge in [-0.05, 0) is 59.9 Å². The normalized spacial score (nSPS) is 20.4. The predicted octanol–water partition coefficient (Wildman–Crippen LogP) is 2.64. The second-order valence-corrected chi connectivity index (χ2v) is 6.88. The summed E-state index contributed by atoms with van der Waals surface area (Å²) >= 11 is 0. The highest BCUT2D eigenvalue weighted by atomic mass is 16.3. The fourth-order valence-electron chi connectivity index (χ4n) is 3.03. The quantitative estimate of drug-likeness (QED) is 0.874. The van der Waals surface area contributed by atoms with Gasteiger partial charge >= 0.3 is 0 Å². The number of carbonyl (C=O) groups is 1. The molecule has 0 saturated carbocycles. The zero-order valence-electron chi connectivity index (χ0n) is 13.2. The minimum Gasteiger partial charge on any atom is -0.388 e. The van der Waals surface area contributed by atoms with Gasteiger partial charge in [0.25, 0.3) is 0 Å². The lowest BCUT2D eigenvalue weighted by Gasteiger charge is -2.27. The van der Waals surface area contributed by atoms with Crippen molar-refractivity contribution in [2.45, 2.75) is 71.6 Å². The van der Waals surface area contributed by atoms with E-state index in [0.717, 1.165) is 36.2 Å². The average Bonchev–Trinajstić information content (AvgIpc) is 2.64. The molecule has 1 heterocycles. The highest BCUT2D eigenvalue weighted by Crippen LogP contribution is 2.34. The Morgan fingerprint density at radius 3 is 2.75 bits per heavy atom. The summed E-state index contributed by atoms with van der Waals surface area (Å²) in [5.74, 6) is 0.0269. The summed E-state index contributed by atoms with van der Waals surface area (Å²) in [6, 6.07) is 1.78. The number of aromatic nitrogens is 1. The standard InChI is InChI=1S/C16H26N2O2/c1-10-9-12-13(7-6-8-14(12)19)18(10)11(2)15(20)17-16(3,4)5/h9,11,14,19H,6-8H2,1-5H3,(H,17,20). The molecule has 0 aliphatic heterocycles. The van der Waals surface area contributed by atoms with E-state index in [4.69, 9.17) is 0 Å². The number of nitrogens with zero attached hydrogens (tertiary/aromatic N) is 1. The third kappa shape index (κ3) is 2.90. The summed E-state index contributed by atoms with van der Waals surface area (Å²) in [7, 11) is 0. The molecule has 1 amide bonds. The Morgan fingerprint density at radius 1 is 1.50 bits per heavy atom. The van der Waals surface area contributed by atoms with Crippen LogP contribution in [0.25, 0.3) is 0 Å². The van der Waals surface area contributed by atoms with E-state index in [2.05, 4.69) is 9.88 Å². The monoisotopic (exact) mass is 278 g/mol. The Kier molecular flexibility index (Phi) is 3.96. The van der Waals surface area contributed by atoms with Crippen molar-refractivity contribution < 1.29 is 9.90 Å².